The molecule has 0 aliphatic carbocycles. The van der Waals surface area contributed by atoms with E-state index in [2.05, 4.69) is 22.1 Å². The normalized spacial score (nSPS) is 20.1. The predicted molar refractivity (Wildman–Crippen MR) is 74.4 cm³/mol. The molecule has 0 saturated carbocycles. The van der Waals surface area contributed by atoms with Crippen LogP contribution in [0.15, 0.2) is 18.5 Å². The first-order valence-electron chi connectivity index (χ1n) is 6.47. The smallest absolute Gasteiger partial charge is 0.0822 e. The first kappa shape index (κ1) is 13.6. The fourth-order valence-corrected chi connectivity index (χ4v) is 2.42. The summed E-state index contributed by atoms with van der Waals surface area (Å²) in [4.78, 5) is 6.35. The van der Waals surface area contributed by atoms with E-state index < -0.39 is 0 Å². The van der Waals surface area contributed by atoms with Gasteiger partial charge in [-0.05, 0) is 19.0 Å². The maximum atomic E-state index is 6.22. The highest BCUT2D eigenvalue weighted by atomic mass is 35.5. The molecule has 1 aromatic heterocycles. The molecule has 0 aromatic carbocycles. The van der Waals surface area contributed by atoms with Crippen molar-refractivity contribution in [1.82, 2.24) is 10.3 Å². The minimum absolute atomic E-state index is 0.338. The van der Waals surface area contributed by atoms with Gasteiger partial charge in [-0.3, -0.25) is 4.98 Å². The molecule has 100 valence electrons. The number of hydrogen-bond acceptors (Lipinski definition) is 4. The number of nitrogens with zero attached hydrogens (tertiary/aromatic N) is 2. The third-order valence-electron chi connectivity index (χ3n) is 3.09. The first-order chi connectivity index (χ1) is 8.83. The minimum atomic E-state index is 0.338. The molecular formula is C13H20ClN3O. The Labute approximate surface area is 113 Å². The summed E-state index contributed by atoms with van der Waals surface area (Å²) in [5.74, 6) is 0. The third kappa shape index (κ3) is 3.34. The highest BCUT2D eigenvalue weighted by molar-refractivity contribution is 6.33. The predicted octanol–water partition coefficient (Wildman–Crippen LogP) is 1.94. The van der Waals surface area contributed by atoms with Gasteiger partial charge in [-0.2, -0.15) is 0 Å². The first-order valence-corrected chi connectivity index (χ1v) is 6.85. The molecule has 1 aliphatic rings. The Bertz CT molecular complexity index is 375. The van der Waals surface area contributed by atoms with E-state index in [0.29, 0.717) is 11.1 Å². The van der Waals surface area contributed by atoms with Crippen LogP contribution in [-0.4, -0.2) is 43.9 Å². The average Bonchev–Trinajstić information content (AvgIpc) is 2.40. The van der Waals surface area contributed by atoms with Gasteiger partial charge >= 0.3 is 0 Å². The maximum Gasteiger partial charge on any atom is 0.0822 e. The molecule has 5 heteroatoms. The molecule has 1 aromatic rings. The summed E-state index contributed by atoms with van der Waals surface area (Å²) in [5, 5.41) is 4.15. The summed E-state index contributed by atoms with van der Waals surface area (Å²) in [6, 6.07) is 2.31. The summed E-state index contributed by atoms with van der Waals surface area (Å²) in [7, 11) is 0. The second kappa shape index (κ2) is 6.92. The monoisotopic (exact) mass is 269 g/mol. The number of halogens is 1. The molecule has 0 spiro atoms. The topological polar surface area (TPSA) is 37.4 Å². The van der Waals surface area contributed by atoms with Gasteiger partial charge in [0.2, 0.25) is 0 Å². The third-order valence-corrected chi connectivity index (χ3v) is 3.39. The molecule has 1 atom stereocenters. The summed E-state index contributed by atoms with van der Waals surface area (Å²) in [6.45, 7) is 6.50. The lowest BCUT2D eigenvalue weighted by Gasteiger charge is -2.37. The van der Waals surface area contributed by atoms with Crippen LogP contribution in [0.3, 0.4) is 0 Å². The lowest BCUT2D eigenvalue weighted by molar-refractivity contribution is 0.0938. The van der Waals surface area contributed by atoms with Crippen LogP contribution in [0, 0.1) is 0 Å². The Balaban J connectivity index is 2.05. The second-order valence-electron chi connectivity index (χ2n) is 4.45. The Morgan fingerprint density at radius 2 is 2.50 bits per heavy atom. The van der Waals surface area contributed by atoms with Crippen molar-refractivity contribution in [3.8, 4) is 0 Å². The van der Waals surface area contributed by atoms with Crippen molar-refractivity contribution in [2.75, 3.05) is 37.7 Å². The molecule has 0 amide bonds. The zero-order valence-electron chi connectivity index (χ0n) is 10.7. The maximum absolute atomic E-state index is 6.22. The van der Waals surface area contributed by atoms with Crippen molar-refractivity contribution in [1.29, 1.82) is 0 Å². The number of ether oxygens (including phenoxy) is 1. The summed E-state index contributed by atoms with van der Waals surface area (Å²) >= 11 is 6.22. The van der Waals surface area contributed by atoms with E-state index in [0.717, 1.165) is 45.0 Å². The highest BCUT2D eigenvalue weighted by Gasteiger charge is 2.24. The molecule has 1 fully saturated rings. The quantitative estimate of drug-likeness (QED) is 0.829. The fraction of sp³-hybridized carbons (Fsp3) is 0.615. The van der Waals surface area contributed by atoms with E-state index in [9.17, 15) is 0 Å². The highest BCUT2D eigenvalue weighted by Crippen LogP contribution is 2.27. The molecule has 1 N–H and O–H groups in total. The van der Waals surface area contributed by atoms with E-state index in [-0.39, 0.29) is 0 Å². The van der Waals surface area contributed by atoms with Crippen molar-refractivity contribution in [3.05, 3.63) is 23.5 Å². The minimum Gasteiger partial charge on any atom is -0.377 e. The number of anilines is 1. The molecule has 1 unspecified atom stereocenters. The van der Waals surface area contributed by atoms with Gasteiger partial charge in [0.25, 0.3) is 0 Å². The average molecular weight is 270 g/mol. The van der Waals surface area contributed by atoms with Gasteiger partial charge in [-0.1, -0.05) is 18.5 Å². The van der Waals surface area contributed by atoms with E-state index >= 15 is 0 Å². The number of rotatable bonds is 5. The van der Waals surface area contributed by atoms with E-state index in [1.807, 2.05) is 6.07 Å². The zero-order chi connectivity index (χ0) is 12.8. The zero-order valence-corrected chi connectivity index (χ0v) is 11.5. The Kier molecular flexibility index (Phi) is 5.23. The van der Waals surface area contributed by atoms with Crippen LogP contribution >= 0.6 is 11.6 Å². The second-order valence-corrected chi connectivity index (χ2v) is 4.86. The Morgan fingerprint density at radius 1 is 1.61 bits per heavy atom. The number of aromatic nitrogens is 1. The van der Waals surface area contributed by atoms with Gasteiger partial charge < -0.3 is 15.0 Å². The number of morpholine rings is 1. The van der Waals surface area contributed by atoms with E-state index in [4.69, 9.17) is 16.3 Å². The van der Waals surface area contributed by atoms with Crippen molar-refractivity contribution < 1.29 is 4.74 Å². The summed E-state index contributed by atoms with van der Waals surface area (Å²) in [6.07, 6.45) is 4.62. The van der Waals surface area contributed by atoms with Crippen molar-refractivity contribution in [2.45, 2.75) is 19.4 Å². The number of pyridine rings is 1. The Hall–Kier alpha value is -0.840. The van der Waals surface area contributed by atoms with Crippen LogP contribution in [0.5, 0.6) is 0 Å². The van der Waals surface area contributed by atoms with Crippen LogP contribution in [0.2, 0.25) is 5.02 Å². The number of hydrogen-bond donors (Lipinski definition) is 1. The molecule has 2 heterocycles. The van der Waals surface area contributed by atoms with Crippen LogP contribution in [0.1, 0.15) is 13.3 Å². The standard InChI is InChI=1S/C13H20ClN3O/c1-2-4-15-8-11-10-18-7-6-17(11)13-3-5-16-9-12(13)14/h3,5,9,11,15H,2,4,6-8,10H2,1H3. The molecule has 0 radical (unpaired) electrons. The van der Waals surface area contributed by atoms with Crippen LogP contribution in [0.25, 0.3) is 0 Å². The van der Waals surface area contributed by atoms with Gasteiger partial charge in [0.1, 0.15) is 0 Å². The van der Waals surface area contributed by atoms with Crippen LogP contribution < -0.4 is 10.2 Å². The van der Waals surface area contributed by atoms with Crippen LogP contribution in [0.4, 0.5) is 5.69 Å². The van der Waals surface area contributed by atoms with Gasteiger partial charge in [-0.25, -0.2) is 0 Å². The van der Waals surface area contributed by atoms with Crippen LogP contribution in [-0.2, 0) is 4.74 Å². The molecule has 2 rings (SSSR count). The molecule has 4 nitrogen and oxygen atoms in total. The van der Waals surface area contributed by atoms with E-state index in [1.165, 1.54) is 0 Å². The molecular weight excluding hydrogens is 250 g/mol. The van der Waals surface area contributed by atoms with Gasteiger partial charge in [0.05, 0.1) is 30.0 Å². The molecule has 18 heavy (non-hydrogen) atoms. The summed E-state index contributed by atoms with van der Waals surface area (Å²) in [5.41, 5.74) is 1.05. The fourth-order valence-electron chi connectivity index (χ4n) is 2.19. The summed E-state index contributed by atoms with van der Waals surface area (Å²) < 4.78 is 5.56. The number of nitrogens with one attached hydrogen (secondary N) is 1. The Morgan fingerprint density at radius 3 is 3.28 bits per heavy atom. The van der Waals surface area contributed by atoms with Gasteiger partial charge in [0.15, 0.2) is 0 Å². The van der Waals surface area contributed by atoms with Crippen molar-refractivity contribution in [3.63, 3.8) is 0 Å². The molecule has 0 bridgehead atoms. The van der Waals surface area contributed by atoms with Crippen molar-refractivity contribution >= 4 is 17.3 Å². The lowest BCUT2D eigenvalue weighted by Crippen LogP contribution is -2.50. The molecule has 1 aliphatic heterocycles. The SMILES string of the molecule is CCCNCC1COCCN1c1ccncc1Cl. The van der Waals surface area contributed by atoms with Gasteiger partial charge in [-0.15, -0.1) is 0 Å². The molecule has 1 saturated heterocycles. The van der Waals surface area contributed by atoms with Crippen molar-refractivity contribution in [2.24, 2.45) is 0 Å². The largest absolute Gasteiger partial charge is 0.377 e. The van der Waals surface area contributed by atoms with Gasteiger partial charge in [0, 0.05) is 25.5 Å². The van der Waals surface area contributed by atoms with E-state index in [1.54, 1.807) is 12.4 Å². The lowest BCUT2D eigenvalue weighted by atomic mass is 10.2.